The molecule has 0 bridgehead atoms. The van der Waals surface area contributed by atoms with Gasteiger partial charge in [0.2, 0.25) is 0 Å². The number of aromatic nitrogens is 2. The van der Waals surface area contributed by atoms with E-state index in [1.54, 1.807) is 0 Å². The van der Waals surface area contributed by atoms with Gasteiger partial charge in [0.25, 0.3) is 0 Å². The van der Waals surface area contributed by atoms with Crippen molar-refractivity contribution in [3.8, 4) is 5.75 Å². The van der Waals surface area contributed by atoms with Crippen LogP contribution in [0.5, 0.6) is 5.75 Å². The van der Waals surface area contributed by atoms with Gasteiger partial charge in [-0.2, -0.15) is 0 Å². The smallest absolute Gasteiger partial charge is 0.146 e. The Labute approximate surface area is 174 Å². The van der Waals surface area contributed by atoms with Crippen molar-refractivity contribution in [1.29, 1.82) is 0 Å². The van der Waals surface area contributed by atoms with Crippen molar-refractivity contribution in [3.63, 3.8) is 0 Å². The minimum Gasteiger partial charge on any atom is -0.492 e. The first-order valence-corrected chi connectivity index (χ1v) is 11.2. The molecule has 152 valence electrons. The average Bonchev–Trinajstić information content (AvgIpc) is 3.33. The minimum absolute atomic E-state index is 0.598. The van der Waals surface area contributed by atoms with Gasteiger partial charge in [0.15, 0.2) is 0 Å². The molecule has 29 heavy (non-hydrogen) atoms. The quantitative estimate of drug-likeness (QED) is 0.602. The first-order valence-electron chi connectivity index (χ1n) is 10.4. The molecule has 0 amide bonds. The number of aryl methyl sites for hydroxylation is 2. The van der Waals surface area contributed by atoms with Crippen LogP contribution in [0.25, 0.3) is 10.2 Å². The van der Waals surface area contributed by atoms with E-state index in [4.69, 9.17) is 19.4 Å². The van der Waals surface area contributed by atoms with Crippen molar-refractivity contribution in [3.05, 3.63) is 46.6 Å². The van der Waals surface area contributed by atoms with Crippen LogP contribution in [0.1, 0.15) is 22.7 Å². The lowest BCUT2D eigenvalue weighted by Crippen LogP contribution is -2.36. The molecule has 1 aliphatic heterocycles. The average molecular weight is 411 g/mol. The van der Waals surface area contributed by atoms with Gasteiger partial charge in [-0.05, 0) is 37.0 Å². The van der Waals surface area contributed by atoms with Crippen LogP contribution in [-0.2, 0) is 24.1 Å². The highest BCUT2D eigenvalue weighted by Crippen LogP contribution is 2.39. The third-order valence-corrected chi connectivity index (χ3v) is 6.67. The Morgan fingerprint density at radius 3 is 2.83 bits per heavy atom. The van der Waals surface area contributed by atoms with Gasteiger partial charge in [-0.1, -0.05) is 18.2 Å². The molecule has 0 radical (unpaired) electrons. The number of para-hydroxylation sites is 1. The zero-order valence-electron chi connectivity index (χ0n) is 16.5. The summed E-state index contributed by atoms with van der Waals surface area (Å²) in [6, 6.07) is 9.94. The number of hydrogen-bond acceptors (Lipinski definition) is 7. The van der Waals surface area contributed by atoms with Gasteiger partial charge >= 0.3 is 0 Å². The molecule has 3 heterocycles. The van der Waals surface area contributed by atoms with E-state index in [1.807, 2.05) is 41.7 Å². The highest BCUT2D eigenvalue weighted by molar-refractivity contribution is 7.19. The van der Waals surface area contributed by atoms with Crippen LogP contribution >= 0.6 is 11.3 Å². The van der Waals surface area contributed by atoms with Crippen molar-refractivity contribution in [2.24, 2.45) is 0 Å². The summed E-state index contributed by atoms with van der Waals surface area (Å²) in [6.45, 7) is 5.54. The standard InChI is InChI=1S/C22H26N4O2S/c1-2-5-16(6-3-1)28-12-9-23-21-20-17-7-4-8-18(17)29-22(20)25-19(24-21)15-26-10-13-27-14-11-26/h1-3,5-6H,4,7-15H2,(H,23,24,25). The minimum atomic E-state index is 0.598. The SMILES string of the molecule is c1ccc(OCCNc2nc(CN3CCOCC3)nc3sc4c(c23)CCC4)cc1. The molecule has 1 aromatic carbocycles. The van der Waals surface area contributed by atoms with Gasteiger partial charge in [-0.25, -0.2) is 9.97 Å². The maximum atomic E-state index is 5.84. The van der Waals surface area contributed by atoms with Gasteiger partial charge < -0.3 is 14.8 Å². The van der Waals surface area contributed by atoms with Crippen molar-refractivity contribution < 1.29 is 9.47 Å². The molecule has 2 aliphatic rings. The fourth-order valence-electron chi connectivity index (χ4n) is 4.05. The second kappa shape index (κ2) is 8.65. The molecule has 2 aromatic heterocycles. The molecule has 1 aliphatic carbocycles. The number of thiophene rings is 1. The Morgan fingerprint density at radius 1 is 1.10 bits per heavy atom. The third kappa shape index (κ3) is 4.22. The van der Waals surface area contributed by atoms with Crippen molar-refractivity contribution >= 4 is 27.4 Å². The maximum absolute atomic E-state index is 5.84. The molecule has 7 heteroatoms. The molecule has 0 atom stereocenters. The summed E-state index contributed by atoms with van der Waals surface area (Å²) in [7, 11) is 0. The number of hydrogen-bond donors (Lipinski definition) is 1. The van der Waals surface area contributed by atoms with E-state index in [9.17, 15) is 0 Å². The lowest BCUT2D eigenvalue weighted by molar-refractivity contribution is 0.0331. The fourth-order valence-corrected chi connectivity index (χ4v) is 5.33. The second-order valence-corrected chi connectivity index (χ2v) is 8.59. The van der Waals surface area contributed by atoms with Gasteiger partial charge in [-0.15, -0.1) is 11.3 Å². The molecule has 3 aromatic rings. The Morgan fingerprint density at radius 2 is 1.97 bits per heavy atom. The van der Waals surface area contributed by atoms with E-state index in [-0.39, 0.29) is 0 Å². The lowest BCUT2D eigenvalue weighted by atomic mass is 10.2. The molecule has 5 rings (SSSR count). The van der Waals surface area contributed by atoms with E-state index >= 15 is 0 Å². The Balaban J connectivity index is 1.34. The summed E-state index contributed by atoms with van der Waals surface area (Å²) < 4.78 is 11.3. The number of morpholine rings is 1. The summed E-state index contributed by atoms with van der Waals surface area (Å²) in [5.74, 6) is 2.76. The van der Waals surface area contributed by atoms with E-state index in [2.05, 4.69) is 10.2 Å². The molecule has 6 nitrogen and oxygen atoms in total. The van der Waals surface area contributed by atoms with E-state index in [0.717, 1.165) is 61.5 Å². The number of anilines is 1. The lowest BCUT2D eigenvalue weighted by Gasteiger charge is -2.25. The monoisotopic (exact) mass is 410 g/mol. The Kier molecular flexibility index (Phi) is 5.60. The van der Waals surface area contributed by atoms with Gasteiger partial charge in [0.05, 0.1) is 31.7 Å². The van der Waals surface area contributed by atoms with E-state index in [1.165, 1.54) is 28.7 Å². The normalized spacial score (nSPS) is 16.8. The number of fused-ring (bicyclic) bond motifs is 3. The van der Waals surface area contributed by atoms with Crippen LogP contribution in [-0.4, -0.2) is 54.3 Å². The fraction of sp³-hybridized carbons (Fsp3) is 0.455. The summed E-state index contributed by atoms with van der Waals surface area (Å²) in [4.78, 5) is 14.8. The third-order valence-electron chi connectivity index (χ3n) is 5.49. The zero-order chi connectivity index (χ0) is 19.5. The molecule has 0 spiro atoms. The summed E-state index contributed by atoms with van der Waals surface area (Å²) in [6.07, 6.45) is 3.55. The predicted octanol–water partition coefficient (Wildman–Crippen LogP) is 3.50. The van der Waals surface area contributed by atoms with Crippen LogP contribution in [0.15, 0.2) is 30.3 Å². The largest absolute Gasteiger partial charge is 0.492 e. The van der Waals surface area contributed by atoms with E-state index < -0.39 is 0 Å². The highest BCUT2D eigenvalue weighted by Gasteiger charge is 2.23. The number of nitrogens with one attached hydrogen (secondary N) is 1. The second-order valence-electron chi connectivity index (χ2n) is 7.50. The molecular formula is C22H26N4O2S. The van der Waals surface area contributed by atoms with Crippen molar-refractivity contribution in [2.75, 3.05) is 44.8 Å². The highest BCUT2D eigenvalue weighted by atomic mass is 32.1. The van der Waals surface area contributed by atoms with Gasteiger partial charge in [0.1, 0.15) is 28.8 Å². The van der Waals surface area contributed by atoms with Crippen LogP contribution in [0.3, 0.4) is 0 Å². The zero-order valence-corrected chi connectivity index (χ0v) is 17.3. The molecular weight excluding hydrogens is 384 g/mol. The molecule has 0 saturated carbocycles. The Hall–Kier alpha value is -2.22. The maximum Gasteiger partial charge on any atom is 0.146 e. The number of nitrogens with zero attached hydrogens (tertiary/aromatic N) is 3. The van der Waals surface area contributed by atoms with E-state index in [0.29, 0.717) is 13.2 Å². The molecule has 1 fully saturated rings. The number of rotatable bonds is 7. The van der Waals surface area contributed by atoms with Crippen LogP contribution in [0.2, 0.25) is 0 Å². The number of benzene rings is 1. The first-order chi connectivity index (χ1) is 14.4. The summed E-state index contributed by atoms with van der Waals surface area (Å²) >= 11 is 1.85. The first kappa shape index (κ1) is 18.8. The summed E-state index contributed by atoms with van der Waals surface area (Å²) in [5, 5.41) is 4.77. The molecule has 1 N–H and O–H groups in total. The number of ether oxygens (including phenoxy) is 2. The van der Waals surface area contributed by atoms with Crippen molar-refractivity contribution in [2.45, 2.75) is 25.8 Å². The summed E-state index contributed by atoms with van der Waals surface area (Å²) in [5.41, 5.74) is 1.45. The van der Waals surface area contributed by atoms with Crippen molar-refractivity contribution in [1.82, 2.24) is 14.9 Å². The molecule has 0 unspecified atom stereocenters. The predicted molar refractivity (Wildman–Crippen MR) is 116 cm³/mol. The van der Waals surface area contributed by atoms with Crippen LogP contribution in [0.4, 0.5) is 5.82 Å². The topological polar surface area (TPSA) is 59.5 Å². The molecule has 1 saturated heterocycles. The van der Waals surface area contributed by atoms with Gasteiger partial charge in [-0.3, -0.25) is 4.90 Å². The Bertz CT molecular complexity index is 970. The van der Waals surface area contributed by atoms with Gasteiger partial charge in [0, 0.05) is 18.0 Å². The van der Waals surface area contributed by atoms with Crippen LogP contribution < -0.4 is 10.1 Å². The van der Waals surface area contributed by atoms with Crippen LogP contribution in [0, 0.1) is 0 Å².